The van der Waals surface area contributed by atoms with Gasteiger partial charge in [-0.05, 0) is 67.1 Å². The Morgan fingerprint density at radius 2 is 1.59 bits per heavy atom. The number of nitrogens with zero attached hydrogens (tertiary/aromatic N) is 6. The Kier molecular flexibility index (Phi) is 12.0. The van der Waals surface area contributed by atoms with Crippen LogP contribution in [0.25, 0.3) is 11.1 Å². The molecule has 1 aliphatic rings. The summed E-state index contributed by atoms with van der Waals surface area (Å²) in [6.45, 7) is 6.04. The maximum Gasteiger partial charge on any atom is 0.416 e. The molecule has 3 heterocycles. The first-order valence-corrected chi connectivity index (χ1v) is 18.7. The van der Waals surface area contributed by atoms with E-state index in [2.05, 4.69) is 28.8 Å². The Balaban J connectivity index is 1.28. The zero-order valence-electron chi connectivity index (χ0n) is 30.2. The lowest BCUT2D eigenvalue weighted by molar-refractivity contribution is -0.138. The predicted molar refractivity (Wildman–Crippen MR) is 198 cm³/mol. The second-order valence-electron chi connectivity index (χ2n) is 13.8. The molecule has 1 saturated heterocycles. The summed E-state index contributed by atoms with van der Waals surface area (Å²) in [5.74, 6) is -2.19. The molecule has 1 fully saturated rings. The molecule has 6 rings (SSSR count). The number of rotatable bonds is 12. The van der Waals surface area contributed by atoms with Crippen LogP contribution in [-0.4, -0.2) is 60.2 Å². The largest absolute Gasteiger partial charge is 0.416 e. The molecular formula is C40H41F5N6O2S. The molecule has 5 aromatic rings. The van der Waals surface area contributed by atoms with Gasteiger partial charge < -0.3 is 14.4 Å². The first kappa shape index (κ1) is 38.9. The normalized spacial score (nSPS) is 14.2. The maximum atomic E-state index is 14.6. The SMILES string of the molecule is CC(C)N1CCC(N(Cc2ccc(-c3ccc(C(F)(F)F)cc3)cc2)C(=O)Cn2cc(Cc3cnn(C)c3)c(=O)nc2SCc2cccc(F)c2F)CC1. The van der Waals surface area contributed by atoms with Crippen LogP contribution in [0, 0.1) is 11.6 Å². The predicted octanol–water partition coefficient (Wildman–Crippen LogP) is 7.73. The summed E-state index contributed by atoms with van der Waals surface area (Å²) in [7, 11) is 1.77. The number of piperidine rings is 1. The highest BCUT2D eigenvalue weighted by molar-refractivity contribution is 7.98. The summed E-state index contributed by atoms with van der Waals surface area (Å²) in [6, 6.07) is 16.6. The van der Waals surface area contributed by atoms with Crippen molar-refractivity contribution in [1.29, 1.82) is 0 Å². The highest BCUT2D eigenvalue weighted by atomic mass is 32.2. The monoisotopic (exact) mass is 764 g/mol. The molecule has 0 radical (unpaired) electrons. The van der Waals surface area contributed by atoms with Gasteiger partial charge in [-0.25, -0.2) is 8.78 Å². The van der Waals surface area contributed by atoms with E-state index in [4.69, 9.17) is 0 Å². The Hall–Kier alpha value is -4.82. The summed E-state index contributed by atoms with van der Waals surface area (Å²) in [6.07, 6.45) is 2.37. The molecule has 0 unspecified atom stereocenters. The molecule has 284 valence electrons. The number of halogens is 5. The second-order valence-corrected chi connectivity index (χ2v) is 14.8. The van der Waals surface area contributed by atoms with Crippen molar-refractivity contribution in [2.75, 3.05) is 13.1 Å². The summed E-state index contributed by atoms with van der Waals surface area (Å²) in [5, 5.41) is 4.38. The van der Waals surface area contributed by atoms with Gasteiger partial charge in [-0.3, -0.25) is 14.3 Å². The van der Waals surface area contributed by atoms with Crippen LogP contribution in [0.3, 0.4) is 0 Å². The van der Waals surface area contributed by atoms with Crippen LogP contribution >= 0.6 is 11.8 Å². The average molecular weight is 765 g/mol. The smallest absolute Gasteiger partial charge is 0.334 e. The van der Waals surface area contributed by atoms with Gasteiger partial charge in [-0.15, -0.1) is 0 Å². The van der Waals surface area contributed by atoms with E-state index in [-0.39, 0.29) is 47.9 Å². The van der Waals surface area contributed by atoms with Crippen molar-refractivity contribution in [2.45, 2.75) is 75.4 Å². The number of hydrogen-bond acceptors (Lipinski definition) is 6. The van der Waals surface area contributed by atoms with E-state index >= 15 is 0 Å². The van der Waals surface area contributed by atoms with Crippen molar-refractivity contribution in [1.82, 2.24) is 29.1 Å². The summed E-state index contributed by atoms with van der Waals surface area (Å²) >= 11 is 1.04. The quantitative estimate of drug-likeness (QED) is 0.0736. The minimum atomic E-state index is -4.42. The molecule has 0 atom stereocenters. The van der Waals surface area contributed by atoms with Crippen molar-refractivity contribution < 1.29 is 26.7 Å². The van der Waals surface area contributed by atoms with Gasteiger partial charge >= 0.3 is 6.18 Å². The number of likely N-dealkylation sites (tertiary alicyclic amines) is 1. The lowest BCUT2D eigenvalue weighted by Gasteiger charge is -2.40. The number of aryl methyl sites for hydroxylation is 1. The Morgan fingerprint density at radius 1 is 0.926 bits per heavy atom. The number of hydrogen-bond donors (Lipinski definition) is 0. The lowest BCUT2D eigenvalue weighted by Crippen LogP contribution is -2.49. The van der Waals surface area contributed by atoms with Gasteiger partial charge in [0.25, 0.3) is 5.56 Å². The lowest BCUT2D eigenvalue weighted by atomic mass is 9.99. The number of carbonyl (C=O) groups is 1. The fraction of sp³-hybridized carbons (Fsp3) is 0.350. The van der Waals surface area contributed by atoms with E-state index in [1.165, 1.54) is 24.3 Å². The third-order valence-electron chi connectivity index (χ3n) is 9.72. The molecule has 8 nitrogen and oxygen atoms in total. The topological polar surface area (TPSA) is 76.3 Å². The molecule has 1 amide bonds. The minimum absolute atomic E-state index is 0.0190. The van der Waals surface area contributed by atoms with Crippen LogP contribution in [-0.2, 0) is 43.3 Å². The number of alkyl halides is 3. The van der Waals surface area contributed by atoms with Crippen molar-refractivity contribution in [2.24, 2.45) is 7.05 Å². The fourth-order valence-electron chi connectivity index (χ4n) is 6.68. The first-order chi connectivity index (χ1) is 25.7. The number of aromatic nitrogens is 4. The number of carbonyl (C=O) groups excluding carboxylic acids is 1. The standard InChI is InChI=1S/C40H41F5N6O2S/c1-26(2)49-17-15-34(16-18-49)51(22-27-7-9-29(10-8-27)30-11-13-33(14-12-30)40(43,44)45)36(52)24-50-23-32(19-28-20-46-48(3)21-28)38(53)47-39(50)54-25-31-5-4-6-35(41)37(31)42/h4-14,20-21,23,26,34H,15-19,22,24-25H2,1-3H3. The number of thioether (sulfide) groups is 1. The molecule has 1 aliphatic heterocycles. The van der Waals surface area contributed by atoms with E-state index < -0.39 is 28.9 Å². The third-order valence-corrected chi connectivity index (χ3v) is 10.8. The van der Waals surface area contributed by atoms with Gasteiger partial charge in [-0.2, -0.15) is 23.3 Å². The van der Waals surface area contributed by atoms with Crippen molar-refractivity contribution in [3.8, 4) is 11.1 Å². The Labute approximate surface area is 314 Å². The van der Waals surface area contributed by atoms with Gasteiger partial charge in [0.1, 0.15) is 6.54 Å². The second kappa shape index (κ2) is 16.7. The molecule has 2 aromatic heterocycles. The van der Waals surface area contributed by atoms with Crippen LogP contribution in [0.2, 0.25) is 0 Å². The third kappa shape index (κ3) is 9.45. The van der Waals surface area contributed by atoms with E-state index in [9.17, 15) is 31.5 Å². The number of benzene rings is 3. The fourth-order valence-corrected chi connectivity index (χ4v) is 7.62. The highest BCUT2D eigenvalue weighted by Gasteiger charge is 2.31. The molecule has 14 heteroatoms. The van der Waals surface area contributed by atoms with Gasteiger partial charge in [0.15, 0.2) is 16.8 Å². The molecular weight excluding hydrogens is 724 g/mol. The minimum Gasteiger partial charge on any atom is -0.334 e. The van der Waals surface area contributed by atoms with E-state index in [1.807, 2.05) is 29.2 Å². The van der Waals surface area contributed by atoms with Crippen LogP contribution < -0.4 is 5.56 Å². The van der Waals surface area contributed by atoms with E-state index in [1.54, 1.807) is 34.9 Å². The maximum absolute atomic E-state index is 14.6. The van der Waals surface area contributed by atoms with Gasteiger partial charge in [0.05, 0.1) is 11.8 Å². The molecule has 0 bridgehead atoms. The van der Waals surface area contributed by atoms with E-state index in [0.717, 1.165) is 72.6 Å². The van der Waals surface area contributed by atoms with Gasteiger partial charge in [0.2, 0.25) is 5.91 Å². The highest BCUT2D eigenvalue weighted by Crippen LogP contribution is 2.31. The molecule has 0 spiro atoms. The summed E-state index contributed by atoms with van der Waals surface area (Å²) in [4.78, 5) is 36.3. The average Bonchev–Trinajstić information content (AvgIpc) is 3.56. The molecule has 0 aliphatic carbocycles. The summed E-state index contributed by atoms with van der Waals surface area (Å²) in [5.41, 5.74) is 2.26. The van der Waals surface area contributed by atoms with Crippen LogP contribution in [0.15, 0.2) is 95.3 Å². The van der Waals surface area contributed by atoms with Crippen LogP contribution in [0.4, 0.5) is 22.0 Å². The van der Waals surface area contributed by atoms with Crippen molar-refractivity contribution in [3.05, 3.63) is 135 Å². The summed E-state index contributed by atoms with van der Waals surface area (Å²) < 4.78 is 71.2. The molecule has 54 heavy (non-hydrogen) atoms. The van der Waals surface area contributed by atoms with Gasteiger partial charge in [0, 0.05) is 74.5 Å². The zero-order valence-corrected chi connectivity index (χ0v) is 31.0. The molecule has 3 aromatic carbocycles. The van der Waals surface area contributed by atoms with Crippen molar-refractivity contribution in [3.63, 3.8) is 0 Å². The van der Waals surface area contributed by atoms with Crippen molar-refractivity contribution >= 4 is 17.7 Å². The Morgan fingerprint density at radius 3 is 2.20 bits per heavy atom. The van der Waals surface area contributed by atoms with Gasteiger partial charge in [-0.1, -0.05) is 60.3 Å². The first-order valence-electron chi connectivity index (χ1n) is 17.7. The molecule has 0 N–H and O–H groups in total. The number of amides is 1. The molecule has 0 saturated carbocycles. The van der Waals surface area contributed by atoms with Crippen LogP contribution in [0.1, 0.15) is 54.5 Å². The zero-order chi connectivity index (χ0) is 38.6. The van der Waals surface area contributed by atoms with Crippen LogP contribution in [0.5, 0.6) is 0 Å². The Bertz CT molecular complexity index is 2120. The van der Waals surface area contributed by atoms with E-state index in [0.29, 0.717) is 17.2 Å².